The first-order valence-corrected chi connectivity index (χ1v) is 6.80. The highest BCUT2D eigenvalue weighted by Crippen LogP contribution is 2.31. The molecule has 3 aromatic carbocycles. The van der Waals surface area contributed by atoms with Gasteiger partial charge in [0, 0.05) is 24.2 Å². The molecule has 3 aromatic rings. The van der Waals surface area contributed by atoms with Crippen LogP contribution in [0.2, 0.25) is 0 Å². The minimum Gasteiger partial charge on any atom is -0.457 e. The number of hydrogen-bond donors (Lipinski definition) is 1. The summed E-state index contributed by atoms with van der Waals surface area (Å²) >= 11 is 0. The summed E-state index contributed by atoms with van der Waals surface area (Å²) in [6.45, 7) is 0.607. The molecule has 0 bridgehead atoms. The lowest BCUT2D eigenvalue weighted by Crippen LogP contribution is -1.90. The van der Waals surface area contributed by atoms with Gasteiger partial charge in [0.05, 0.1) is 6.61 Å². The van der Waals surface area contributed by atoms with Gasteiger partial charge >= 0.3 is 0 Å². The molecule has 0 spiro atoms. The van der Waals surface area contributed by atoms with Crippen molar-refractivity contribution in [3.63, 3.8) is 0 Å². The first-order valence-electron chi connectivity index (χ1n) is 6.80. The molecule has 0 aliphatic rings. The number of methoxy groups -OCH3 is 1. The Morgan fingerprint density at radius 2 is 1.81 bits per heavy atom. The van der Waals surface area contributed by atoms with E-state index >= 15 is 0 Å². The molecule has 2 N–H and O–H groups in total. The van der Waals surface area contributed by atoms with E-state index in [1.165, 1.54) is 0 Å². The molecule has 0 aliphatic heterocycles. The molecule has 0 atom stereocenters. The van der Waals surface area contributed by atoms with Gasteiger partial charge in [-0.1, -0.05) is 30.3 Å². The zero-order valence-electron chi connectivity index (χ0n) is 11.9. The Hall–Kier alpha value is -2.52. The lowest BCUT2D eigenvalue weighted by atomic mass is 10.1. The topological polar surface area (TPSA) is 44.5 Å². The van der Waals surface area contributed by atoms with E-state index in [0.29, 0.717) is 12.3 Å². The van der Waals surface area contributed by atoms with Crippen LogP contribution in [0.5, 0.6) is 11.5 Å². The van der Waals surface area contributed by atoms with E-state index in [-0.39, 0.29) is 0 Å². The van der Waals surface area contributed by atoms with Crippen molar-refractivity contribution in [1.82, 2.24) is 0 Å². The highest BCUT2D eigenvalue weighted by Gasteiger charge is 2.05. The Labute approximate surface area is 123 Å². The van der Waals surface area contributed by atoms with Crippen LogP contribution in [0.3, 0.4) is 0 Å². The average molecular weight is 279 g/mol. The Balaban J connectivity index is 1.99. The van der Waals surface area contributed by atoms with Crippen LogP contribution in [0.4, 0.5) is 5.69 Å². The lowest BCUT2D eigenvalue weighted by Gasteiger charge is -2.10. The summed E-state index contributed by atoms with van der Waals surface area (Å²) in [5.74, 6) is 1.56. The monoisotopic (exact) mass is 279 g/mol. The minimum absolute atomic E-state index is 0.607. The van der Waals surface area contributed by atoms with Gasteiger partial charge < -0.3 is 15.2 Å². The maximum Gasteiger partial charge on any atom is 0.135 e. The molecule has 0 fully saturated rings. The molecule has 21 heavy (non-hydrogen) atoms. The first kappa shape index (κ1) is 13.5. The van der Waals surface area contributed by atoms with Crippen molar-refractivity contribution in [2.45, 2.75) is 6.61 Å². The van der Waals surface area contributed by atoms with Crippen molar-refractivity contribution in [1.29, 1.82) is 0 Å². The molecule has 0 aromatic heterocycles. The second kappa shape index (κ2) is 5.85. The molecule has 3 nitrogen and oxygen atoms in total. The van der Waals surface area contributed by atoms with Gasteiger partial charge in [-0.2, -0.15) is 0 Å². The quantitative estimate of drug-likeness (QED) is 0.722. The van der Waals surface area contributed by atoms with Crippen LogP contribution < -0.4 is 10.5 Å². The van der Waals surface area contributed by atoms with Crippen molar-refractivity contribution in [2.24, 2.45) is 0 Å². The summed E-state index contributed by atoms with van der Waals surface area (Å²) in [5.41, 5.74) is 7.62. The van der Waals surface area contributed by atoms with Gasteiger partial charge in [0.15, 0.2) is 0 Å². The Morgan fingerprint density at radius 3 is 2.62 bits per heavy atom. The zero-order valence-corrected chi connectivity index (χ0v) is 11.9. The van der Waals surface area contributed by atoms with Crippen LogP contribution in [0, 0.1) is 0 Å². The van der Waals surface area contributed by atoms with Crippen LogP contribution in [-0.2, 0) is 11.3 Å². The van der Waals surface area contributed by atoms with Gasteiger partial charge in [-0.3, -0.25) is 0 Å². The number of fused-ring (bicyclic) bond motifs is 1. The number of anilines is 1. The fraction of sp³-hybridized carbons (Fsp3) is 0.111. The predicted octanol–water partition coefficient (Wildman–Crippen LogP) is 4.36. The summed E-state index contributed by atoms with van der Waals surface area (Å²) in [6.07, 6.45) is 0. The largest absolute Gasteiger partial charge is 0.457 e. The van der Waals surface area contributed by atoms with Gasteiger partial charge in [-0.25, -0.2) is 0 Å². The van der Waals surface area contributed by atoms with Gasteiger partial charge in [0.2, 0.25) is 0 Å². The molecule has 0 amide bonds. The molecule has 0 heterocycles. The normalized spacial score (nSPS) is 10.7. The molecule has 106 valence electrons. The number of ether oxygens (including phenoxy) is 2. The third kappa shape index (κ3) is 2.98. The van der Waals surface area contributed by atoms with Gasteiger partial charge in [0.1, 0.15) is 11.5 Å². The van der Waals surface area contributed by atoms with Crippen molar-refractivity contribution in [3.8, 4) is 11.5 Å². The van der Waals surface area contributed by atoms with Crippen LogP contribution in [0.1, 0.15) is 5.56 Å². The SMILES string of the molecule is COCc1ccc2c(Oc3cccc(N)c3)cccc2c1. The van der Waals surface area contributed by atoms with Crippen LogP contribution >= 0.6 is 0 Å². The van der Waals surface area contributed by atoms with Gasteiger partial charge in [0.25, 0.3) is 0 Å². The van der Waals surface area contributed by atoms with E-state index in [4.69, 9.17) is 15.2 Å². The lowest BCUT2D eigenvalue weighted by molar-refractivity contribution is 0.185. The van der Waals surface area contributed by atoms with Gasteiger partial charge in [-0.15, -0.1) is 0 Å². The minimum atomic E-state index is 0.607. The average Bonchev–Trinajstić information content (AvgIpc) is 2.48. The van der Waals surface area contributed by atoms with Crippen molar-refractivity contribution < 1.29 is 9.47 Å². The molecule has 3 rings (SSSR count). The number of hydrogen-bond acceptors (Lipinski definition) is 3. The second-order valence-electron chi connectivity index (χ2n) is 4.92. The summed E-state index contributed by atoms with van der Waals surface area (Å²) in [6, 6.07) is 19.7. The highest BCUT2D eigenvalue weighted by molar-refractivity contribution is 5.89. The summed E-state index contributed by atoms with van der Waals surface area (Å²) < 4.78 is 11.1. The van der Waals surface area contributed by atoms with E-state index in [0.717, 1.165) is 27.8 Å². The fourth-order valence-corrected chi connectivity index (χ4v) is 2.35. The number of rotatable bonds is 4. The van der Waals surface area contributed by atoms with Gasteiger partial charge in [-0.05, 0) is 35.2 Å². The standard InChI is InChI=1S/C18H17NO2/c1-20-12-13-8-9-17-14(10-13)4-2-7-18(17)21-16-6-3-5-15(19)11-16/h2-11H,12,19H2,1H3. The Kier molecular flexibility index (Phi) is 3.75. The second-order valence-corrected chi connectivity index (χ2v) is 4.92. The van der Waals surface area contributed by atoms with E-state index < -0.39 is 0 Å². The highest BCUT2D eigenvalue weighted by atomic mass is 16.5. The van der Waals surface area contributed by atoms with Crippen molar-refractivity contribution in [2.75, 3.05) is 12.8 Å². The van der Waals surface area contributed by atoms with Crippen LogP contribution in [0.15, 0.2) is 60.7 Å². The van der Waals surface area contributed by atoms with Crippen LogP contribution in [0.25, 0.3) is 10.8 Å². The molecule has 0 saturated carbocycles. The van der Waals surface area contributed by atoms with E-state index in [9.17, 15) is 0 Å². The zero-order chi connectivity index (χ0) is 14.7. The Bertz CT molecular complexity index is 768. The van der Waals surface area contributed by atoms with E-state index in [2.05, 4.69) is 24.3 Å². The number of nitrogen functional groups attached to an aromatic ring is 1. The smallest absolute Gasteiger partial charge is 0.135 e. The molecule has 0 radical (unpaired) electrons. The third-order valence-electron chi connectivity index (χ3n) is 3.30. The molecular formula is C18H17NO2. The van der Waals surface area contributed by atoms with Crippen molar-refractivity contribution >= 4 is 16.5 Å². The number of nitrogens with two attached hydrogens (primary N) is 1. The Morgan fingerprint density at radius 1 is 0.952 bits per heavy atom. The van der Waals surface area contributed by atoms with E-state index in [1.807, 2.05) is 36.4 Å². The van der Waals surface area contributed by atoms with Crippen molar-refractivity contribution in [3.05, 3.63) is 66.2 Å². The molecule has 3 heteroatoms. The predicted molar refractivity (Wildman–Crippen MR) is 85.6 cm³/mol. The number of benzene rings is 3. The third-order valence-corrected chi connectivity index (χ3v) is 3.30. The molecule has 0 saturated heterocycles. The summed E-state index contributed by atoms with van der Waals surface area (Å²) in [7, 11) is 1.70. The maximum atomic E-state index is 5.96. The molecular weight excluding hydrogens is 262 g/mol. The van der Waals surface area contributed by atoms with Crippen LogP contribution in [-0.4, -0.2) is 7.11 Å². The maximum absolute atomic E-state index is 5.96. The summed E-state index contributed by atoms with van der Waals surface area (Å²) in [5, 5.41) is 2.20. The molecule has 0 unspecified atom stereocenters. The summed E-state index contributed by atoms with van der Waals surface area (Å²) in [4.78, 5) is 0. The first-order chi connectivity index (χ1) is 10.3. The van der Waals surface area contributed by atoms with E-state index in [1.54, 1.807) is 7.11 Å². The fourth-order valence-electron chi connectivity index (χ4n) is 2.35. The molecule has 0 aliphatic carbocycles.